The molecule has 8 nitrogen and oxygen atoms in total. The highest BCUT2D eigenvalue weighted by Crippen LogP contribution is 2.32. The van der Waals surface area contributed by atoms with Crippen molar-refractivity contribution < 1.29 is 27.4 Å². The van der Waals surface area contributed by atoms with E-state index in [1.54, 1.807) is 11.0 Å². The molecule has 0 saturated carbocycles. The number of amides is 1. The van der Waals surface area contributed by atoms with Gasteiger partial charge in [0.2, 0.25) is 10.0 Å². The summed E-state index contributed by atoms with van der Waals surface area (Å²) in [6, 6.07) is 11.5. The fourth-order valence-electron chi connectivity index (χ4n) is 3.34. The Kier molecular flexibility index (Phi) is 6.14. The summed E-state index contributed by atoms with van der Waals surface area (Å²) in [5, 5.41) is 0.125. The third-order valence-electron chi connectivity index (χ3n) is 4.89. The van der Waals surface area contributed by atoms with E-state index in [-0.39, 0.29) is 28.2 Å². The van der Waals surface area contributed by atoms with Crippen LogP contribution in [0.25, 0.3) is 0 Å². The highest BCUT2D eigenvalue weighted by molar-refractivity contribution is 7.89. The number of fused-ring (bicyclic) bond motifs is 1. The number of hydrogen-bond donors (Lipinski definition) is 0. The number of benzene rings is 2. The number of hydrogen-bond acceptors (Lipinski definition) is 6. The van der Waals surface area contributed by atoms with Gasteiger partial charge < -0.3 is 19.1 Å². The van der Waals surface area contributed by atoms with Gasteiger partial charge in [-0.2, -0.15) is 4.31 Å². The molecule has 0 atom stereocenters. The van der Waals surface area contributed by atoms with E-state index in [4.69, 9.17) is 25.8 Å². The lowest BCUT2D eigenvalue weighted by Crippen LogP contribution is -2.40. The van der Waals surface area contributed by atoms with Crippen LogP contribution in [0.5, 0.6) is 11.5 Å². The molecule has 2 aliphatic heterocycles. The van der Waals surface area contributed by atoms with E-state index >= 15 is 0 Å². The zero-order valence-corrected chi connectivity index (χ0v) is 17.7. The summed E-state index contributed by atoms with van der Waals surface area (Å²) in [6.07, 6.45) is 0. The number of morpholine rings is 1. The van der Waals surface area contributed by atoms with E-state index in [0.29, 0.717) is 50.9 Å². The molecule has 2 aromatic rings. The second-order valence-electron chi connectivity index (χ2n) is 6.76. The van der Waals surface area contributed by atoms with Crippen molar-refractivity contribution in [2.24, 2.45) is 0 Å². The zero-order valence-electron chi connectivity index (χ0n) is 16.1. The van der Waals surface area contributed by atoms with Gasteiger partial charge >= 0.3 is 0 Å². The average Bonchev–Trinajstić information content (AvgIpc) is 2.78. The Hall–Kier alpha value is -2.33. The maximum atomic E-state index is 12.7. The molecule has 30 heavy (non-hydrogen) atoms. The van der Waals surface area contributed by atoms with Gasteiger partial charge in [0, 0.05) is 13.1 Å². The van der Waals surface area contributed by atoms with Crippen LogP contribution < -0.4 is 14.4 Å². The zero-order chi connectivity index (χ0) is 21.1. The highest BCUT2D eigenvalue weighted by atomic mass is 35.5. The van der Waals surface area contributed by atoms with Crippen LogP contribution in [-0.4, -0.2) is 64.7 Å². The fourth-order valence-corrected chi connectivity index (χ4v) is 5.08. The molecule has 0 N–H and O–H groups in total. The summed E-state index contributed by atoms with van der Waals surface area (Å²) < 4.78 is 43.2. The molecular weight excluding hydrogens is 432 g/mol. The number of rotatable bonds is 5. The number of ether oxygens (including phenoxy) is 3. The van der Waals surface area contributed by atoms with E-state index in [9.17, 15) is 13.2 Å². The van der Waals surface area contributed by atoms with Crippen molar-refractivity contribution in [2.75, 3.05) is 51.0 Å². The molecule has 0 aromatic heterocycles. The molecule has 4 rings (SSSR count). The van der Waals surface area contributed by atoms with Gasteiger partial charge in [0.15, 0.2) is 6.61 Å². The summed E-state index contributed by atoms with van der Waals surface area (Å²) in [4.78, 5) is 14.3. The third-order valence-corrected chi connectivity index (χ3v) is 7.08. The Bertz CT molecular complexity index is 1040. The first kappa shape index (κ1) is 20.9. The van der Waals surface area contributed by atoms with Crippen LogP contribution in [-0.2, 0) is 19.6 Å². The number of nitrogens with zero attached hydrogens (tertiary/aromatic N) is 2. The minimum atomic E-state index is -3.66. The average molecular weight is 453 g/mol. The van der Waals surface area contributed by atoms with Gasteiger partial charge in [-0.3, -0.25) is 4.79 Å². The molecule has 0 radical (unpaired) electrons. The first-order chi connectivity index (χ1) is 14.5. The Morgan fingerprint density at radius 1 is 1.07 bits per heavy atom. The van der Waals surface area contributed by atoms with E-state index in [0.717, 1.165) is 0 Å². The van der Waals surface area contributed by atoms with E-state index in [2.05, 4.69) is 0 Å². The van der Waals surface area contributed by atoms with Crippen molar-refractivity contribution in [3.05, 3.63) is 47.5 Å². The van der Waals surface area contributed by atoms with Gasteiger partial charge in [-0.25, -0.2) is 8.42 Å². The number of para-hydroxylation sites is 2. The van der Waals surface area contributed by atoms with Gasteiger partial charge in [-0.15, -0.1) is 0 Å². The van der Waals surface area contributed by atoms with Crippen molar-refractivity contribution in [3.63, 3.8) is 0 Å². The van der Waals surface area contributed by atoms with E-state index < -0.39 is 10.0 Å². The lowest BCUT2D eigenvalue weighted by atomic mass is 10.2. The van der Waals surface area contributed by atoms with Crippen LogP contribution in [0.1, 0.15) is 0 Å². The lowest BCUT2D eigenvalue weighted by molar-refractivity contribution is -0.120. The molecule has 10 heteroatoms. The summed E-state index contributed by atoms with van der Waals surface area (Å²) in [5.41, 5.74) is 0.690. The smallest absolute Gasteiger partial charge is 0.265 e. The standard InChI is InChI=1S/C20H21ClN2O6S/c21-16-13-15(30(25,26)22-7-10-27-11-8-22)5-6-18(16)29-14-20(24)23-9-12-28-19-4-2-1-3-17(19)23/h1-6,13H,7-12,14H2. The number of sulfonamides is 1. The Balaban J connectivity index is 1.44. The molecule has 0 unspecified atom stereocenters. The van der Waals surface area contributed by atoms with Crippen molar-refractivity contribution >= 4 is 33.2 Å². The predicted molar refractivity (Wildman–Crippen MR) is 111 cm³/mol. The summed E-state index contributed by atoms with van der Waals surface area (Å²) in [6.45, 7) is 1.91. The minimum Gasteiger partial charge on any atom is -0.490 e. The molecule has 0 spiro atoms. The molecule has 2 aromatic carbocycles. The molecule has 1 saturated heterocycles. The Morgan fingerprint density at radius 2 is 1.83 bits per heavy atom. The molecule has 1 amide bonds. The fraction of sp³-hybridized carbons (Fsp3) is 0.350. The minimum absolute atomic E-state index is 0.0789. The molecule has 0 bridgehead atoms. The molecular formula is C20H21ClN2O6S. The summed E-state index contributed by atoms with van der Waals surface area (Å²) in [5.74, 6) is 0.645. The highest BCUT2D eigenvalue weighted by Gasteiger charge is 2.27. The summed E-state index contributed by atoms with van der Waals surface area (Å²) >= 11 is 6.25. The van der Waals surface area contributed by atoms with E-state index in [1.807, 2.05) is 18.2 Å². The quantitative estimate of drug-likeness (QED) is 0.691. The molecule has 160 valence electrons. The topological polar surface area (TPSA) is 85.4 Å². The monoisotopic (exact) mass is 452 g/mol. The van der Waals surface area contributed by atoms with Crippen molar-refractivity contribution in [3.8, 4) is 11.5 Å². The third kappa shape index (κ3) is 4.24. The van der Waals surface area contributed by atoms with Crippen molar-refractivity contribution in [2.45, 2.75) is 4.90 Å². The van der Waals surface area contributed by atoms with Crippen molar-refractivity contribution in [1.82, 2.24) is 4.31 Å². The van der Waals surface area contributed by atoms with Crippen LogP contribution in [0.2, 0.25) is 5.02 Å². The number of carbonyl (C=O) groups excluding carboxylic acids is 1. The number of halogens is 1. The van der Waals surface area contributed by atoms with Crippen LogP contribution in [0.4, 0.5) is 5.69 Å². The predicted octanol–water partition coefficient (Wildman–Crippen LogP) is 2.17. The van der Waals surface area contributed by atoms with Gasteiger partial charge in [0.05, 0.1) is 35.4 Å². The molecule has 1 fully saturated rings. The van der Waals surface area contributed by atoms with E-state index in [1.165, 1.54) is 22.5 Å². The maximum Gasteiger partial charge on any atom is 0.265 e. The Labute approximate surface area is 179 Å². The SMILES string of the molecule is O=C(COc1ccc(S(=O)(=O)N2CCOCC2)cc1Cl)N1CCOc2ccccc21. The molecule has 2 heterocycles. The number of anilines is 1. The lowest BCUT2D eigenvalue weighted by Gasteiger charge is -2.29. The second-order valence-corrected chi connectivity index (χ2v) is 9.10. The first-order valence-electron chi connectivity index (χ1n) is 9.49. The Morgan fingerprint density at radius 3 is 2.60 bits per heavy atom. The largest absolute Gasteiger partial charge is 0.490 e. The van der Waals surface area contributed by atoms with Crippen molar-refractivity contribution in [1.29, 1.82) is 0 Å². The molecule has 2 aliphatic rings. The van der Waals surface area contributed by atoms with Gasteiger partial charge in [-0.1, -0.05) is 23.7 Å². The molecule has 0 aliphatic carbocycles. The normalized spacial score (nSPS) is 17.2. The maximum absolute atomic E-state index is 12.7. The van der Waals surface area contributed by atoms with Gasteiger partial charge in [0.25, 0.3) is 5.91 Å². The van der Waals surface area contributed by atoms with Crippen LogP contribution >= 0.6 is 11.6 Å². The van der Waals surface area contributed by atoms with Crippen LogP contribution in [0.15, 0.2) is 47.4 Å². The summed E-state index contributed by atoms with van der Waals surface area (Å²) in [7, 11) is -3.66. The van der Waals surface area contributed by atoms with Crippen LogP contribution in [0.3, 0.4) is 0 Å². The first-order valence-corrected chi connectivity index (χ1v) is 11.3. The van der Waals surface area contributed by atoms with Crippen LogP contribution in [0, 0.1) is 0 Å². The number of carbonyl (C=O) groups is 1. The van der Waals surface area contributed by atoms with Gasteiger partial charge in [0.1, 0.15) is 18.1 Å². The van der Waals surface area contributed by atoms with Gasteiger partial charge in [-0.05, 0) is 30.3 Å². The second kappa shape index (κ2) is 8.81.